The van der Waals surface area contributed by atoms with E-state index >= 15 is 0 Å². The van der Waals surface area contributed by atoms with E-state index < -0.39 is 0 Å². The minimum absolute atomic E-state index is 0. The number of rotatable bonds is 4. The van der Waals surface area contributed by atoms with Gasteiger partial charge in [-0.15, -0.1) is 11.3 Å². The lowest BCUT2D eigenvalue weighted by Gasteiger charge is -2.11. The molecule has 0 aliphatic heterocycles. The average molecular weight is 396 g/mol. The predicted octanol–water partition coefficient (Wildman–Crippen LogP) is 3.95. The van der Waals surface area contributed by atoms with Crippen LogP contribution in [0.5, 0.6) is 5.75 Å². The highest BCUT2D eigenvalue weighted by Gasteiger charge is 2.08. The fourth-order valence-electron chi connectivity index (χ4n) is 2.77. The summed E-state index contributed by atoms with van der Waals surface area (Å²) in [7, 11) is 0. The number of nitrogens with zero attached hydrogens (tertiary/aromatic N) is 1. The highest BCUT2D eigenvalue weighted by molar-refractivity contribution is 7.07. The molecule has 5 nitrogen and oxygen atoms in total. The number of H-pyrrole nitrogens is 2. The van der Waals surface area contributed by atoms with Gasteiger partial charge in [-0.05, 0) is 42.8 Å². The van der Waals surface area contributed by atoms with Gasteiger partial charge in [0.05, 0.1) is 21.1 Å². The maximum atomic E-state index is 11.9. The second-order valence-electron chi connectivity index (χ2n) is 5.91. The second kappa shape index (κ2) is 9.19. The van der Waals surface area contributed by atoms with Crippen LogP contribution in [0.2, 0.25) is 0 Å². The lowest BCUT2D eigenvalue weighted by atomic mass is 10.1. The number of aromatic nitrogens is 3. The van der Waals surface area contributed by atoms with E-state index in [1.807, 2.05) is 56.3 Å². The summed E-state index contributed by atoms with van der Waals surface area (Å²) in [5, 5.41) is 7.12. The molecule has 3 aromatic rings. The van der Waals surface area contributed by atoms with Crippen molar-refractivity contribution in [2.75, 3.05) is 0 Å². The first-order valence-corrected chi connectivity index (χ1v) is 10.1. The third-order valence-corrected chi connectivity index (χ3v) is 4.90. The Morgan fingerprint density at radius 1 is 1.29 bits per heavy atom. The maximum absolute atomic E-state index is 11.9. The van der Waals surface area contributed by atoms with Crippen molar-refractivity contribution in [3.63, 3.8) is 0 Å². The number of ether oxygens (including phenoxy) is 1. The SMILES string of the molecule is C=c1[nH]c(=O)/c(=C/c2cn[nH]c2-c2ccc(OC3=CC=CCC3)cc2)s1.CC.[HH]. The van der Waals surface area contributed by atoms with Crippen LogP contribution in [-0.4, -0.2) is 15.2 Å². The van der Waals surface area contributed by atoms with E-state index in [0.717, 1.165) is 41.2 Å². The van der Waals surface area contributed by atoms with Crippen molar-refractivity contribution in [3.8, 4) is 17.0 Å². The molecular formula is C22H25N3O2S. The van der Waals surface area contributed by atoms with Gasteiger partial charge in [-0.2, -0.15) is 5.10 Å². The molecule has 6 heteroatoms. The highest BCUT2D eigenvalue weighted by atomic mass is 32.1. The van der Waals surface area contributed by atoms with Gasteiger partial charge in [0.15, 0.2) is 0 Å². The van der Waals surface area contributed by atoms with Gasteiger partial charge < -0.3 is 9.72 Å². The summed E-state index contributed by atoms with van der Waals surface area (Å²) in [5.74, 6) is 1.77. The van der Waals surface area contributed by atoms with E-state index in [2.05, 4.69) is 27.8 Å². The number of nitrogens with one attached hydrogen (secondary N) is 2. The Kier molecular flexibility index (Phi) is 6.45. The molecular weight excluding hydrogens is 370 g/mol. The third kappa shape index (κ3) is 4.58. The van der Waals surface area contributed by atoms with Crippen molar-refractivity contribution in [1.82, 2.24) is 15.2 Å². The van der Waals surface area contributed by atoms with Crippen LogP contribution in [0.4, 0.5) is 0 Å². The molecule has 0 atom stereocenters. The summed E-state index contributed by atoms with van der Waals surface area (Å²) in [6.45, 7) is 7.77. The number of thiazole rings is 1. The fourth-order valence-corrected chi connectivity index (χ4v) is 3.51. The molecule has 2 aromatic heterocycles. The molecule has 1 aliphatic carbocycles. The Labute approximate surface area is 168 Å². The van der Waals surface area contributed by atoms with Gasteiger partial charge >= 0.3 is 0 Å². The smallest absolute Gasteiger partial charge is 0.266 e. The van der Waals surface area contributed by atoms with Crippen molar-refractivity contribution < 1.29 is 6.16 Å². The molecule has 0 saturated heterocycles. The average Bonchev–Trinajstić information content (AvgIpc) is 3.31. The summed E-state index contributed by atoms with van der Waals surface area (Å²) in [5.41, 5.74) is 2.55. The van der Waals surface area contributed by atoms with Gasteiger partial charge in [-0.25, -0.2) is 0 Å². The summed E-state index contributed by atoms with van der Waals surface area (Å²) in [6, 6.07) is 7.83. The minimum atomic E-state index is -0.134. The lowest BCUT2D eigenvalue weighted by Crippen LogP contribution is -2.19. The van der Waals surface area contributed by atoms with Gasteiger partial charge in [0.1, 0.15) is 11.5 Å². The normalized spacial score (nSPS) is 13.6. The molecule has 4 rings (SSSR count). The van der Waals surface area contributed by atoms with Crippen molar-refractivity contribution >= 4 is 24.0 Å². The molecule has 2 heterocycles. The minimum Gasteiger partial charge on any atom is -0.462 e. The lowest BCUT2D eigenvalue weighted by molar-refractivity contribution is 0.403. The van der Waals surface area contributed by atoms with Gasteiger partial charge in [0.2, 0.25) is 0 Å². The Bertz CT molecular complexity index is 1150. The van der Waals surface area contributed by atoms with Gasteiger partial charge in [0.25, 0.3) is 5.56 Å². The van der Waals surface area contributed by atoms with Gasteiger partial charge in [-0.3, -0.25) is 9.89 Å². The molecule has 1 aromatic carbocycles. The number of hydrogen-bond donors (Lipinski definition) is 2. The third-order valence-electron chi connectivity index (χ3n) is 4.03. The zero-order chi connectivity index (χ0) is 19.9. The van der Waals surface area contributed by atoms with Crippen molar-refractivity contribution in [1.29, 1.82) is 0 Å². The number of allylic oxidation sites excluding steroid dienone is 4. The Morgan fingerprint density at radius 2 is 2.07 bits per heavy atom. The molecule has 28 heavy (non-hydrogen) atoms. The Balaban J connectivity index is 0.000000970. The molecule has 0 spiro atoms. The number of aromatic amines is 2. The monoisotopic (exact) mass is 395 g/mol. The van der Waals surface area contributed by atoms with Crippen LogP contribution >= 0.6 is 11.3 Å². The van der Waals surface area contributed by atoms with E-state index in [4.69, 9.17) is 4.74 Å². The van der Waals surface area contributed by atoms with Crippen molar-refractivity contribution in [3.05, 3.63) is 79.6 Å². The maximum Gasteiger partial charge on any atom is 0.266 e. The molecule has 0 bridgehead atoms. The first-order chi connectivity index (χ1) is 13.7. The summed E-state index contributed by atoms with van der Waals surface area (Å²) in [4.78, 5) is 14.6. The van der Waals surface area contributed by atoms with E-state index in [1.54, 1.807) is 6.20 Å². The van der Waals surface area contributed by atoms with Crippen molar-refractivity contribution in [2.45, 2.75) is 26.7 Å². The number of benzene rings is 1. The topological polar surface area (TPSA) is 70.8 Å². The quantitative estimate of drug-likeness (QED) is 0.703. The van der Waals surface area contributed by atoms with E-state index in [1.165, 1.54) is 11.3 Å². The summed E-state index contributed by atoms with van der Waals surface area (Å²) < 4.78 is 7.14. The van der Waals surface area contributed by atoms with E-state index in [0.29, 0.717) is 9.20 Å². The van der Waals surface area contributed by atoms with Crippen LogP contribution in [0, 0.1) is 0 Å². The van der Waals surface area contributed by atoms with Crippen molar-refractivity contribution in [2.24, 2.45) is 0 Å². The molecule has 1 aliphatic rings. The number of hydrogen-bond acceptors (Lipinski definition) is 4. The van der Waals surface area contributed by atoms with Crippen LogP contribution in [0.15, 0.2) is 59.2 Å². The molecule has 0 radical (unpaired) electrons. The molecule has 0 unspecified atom stereocenters. The zero-order valence-corrected chi connectivity index (χ0v) is 16.8. The Hall–Kier alpha value is -3.12. The highest BCUT2D eigenvalue weighted by Crippen LogP contribution is 2.26. The van der Waals surface area contributed by atoms with Gasteiger partial charge in [0, 0.05) is 19.0 Å². The second-order valence-corrected chi connectivity index (χ2v) is 7.05. The predicted molar refractivity (Wildman–Crippen MR) is 118 cm³/mol. The largest absolute Gasteiger partial charge is 0.462 e. The van der Waals surface area contributed by atoms with Crippen LogP contribution in [0.25, 0.3) is 23.9 Å². The van der Waals surface area contributed by atoms with E-state index in [9.17, 15) is 4.79 Å². The molecule has 146 valence electrons. The van der Waals surface area contributed by atoms with Crippen LogP contribution in [-0.2, 0) is 0 Å². The van der Waals surface area contributed by atoms with Crippen LogP contribution < -0.4 is 19.5 Å². The molecule has 0 amide bonds. The van der Waals surface area contributed by atoms with E-state index in [-0.39, 0.29) is 6.99 Å². The van der Waals surface area contributed by atoms with Gasteiger partial charge in [-0.1, -0.05) is 32.6 Å². The summed E-state index contributed by atoms with van der Waals surface area (Å²) >= 11 is 1.33. The molecule has 2 N–H and O–H groups in total. The zero-order valence-electron chi connectivity index (χ0n) is 16.0. The Morgan fingerprint density at radius 3 is 2.71 bits per heavy atom. The molecule has 0 saturated carbocycles. The standard InChI is InChI=1S/C20H17N3O2S.C2H6.H2/c1-13-22-20(24)18(26-13)11-15-12-21-23-19(15)14-7-9-17(10-8-14)25-16-5-3-2-4-6-16;1-2;/h2-3,5,7-12H,1,4,6H2,(H,21,23)(H,22,24);1-2H3;1H/b18-11-;;. The fraction of sp³-hybridized carbons (Fsp3) is 0.182. The molecule has 0 fully saturated rings. The van der Waals surface area contributed by atoms with Crippen LogP contribution in [0.3, 0.4) is 0 Å². The first-order valence-electron chi connectivity index (χ1n) is 9.26. The summed E-state index contributed by atoms with van der Waals surface area (Å²) in [6.07, 6.45) is 11.6. The van der Waals surface area contributed by atoms with Crippen LogP contribution in [0.1, 0.15) is 33.7 Å². The first kappa shape index (κ1) is 19.6.